The third-order valence-corrected chi connectivity index (χ3v) is 11.8. The highest BCUT2D eigenvalue weighted by atomic mass is 32.1. The number of allylic oxidation sites excluding steroid dienone is 4. The maximum atomic E-state index is 2.51. The summed E-state index contributed by atoms with van der Waals surface area (Å²) in [6, 6.07) is 51.6. The van der Waals surface area contributed by atoms with Crippen molar-refractivity contribution in [3.8, 4) is 0 Å². The van der Waals surface area contributed by atoms with Crippen LogP contribution in [-0.2, 0) is 0 Å². The van der Waals surface area contributed by atoms with E-state index >= 15 is 0 Å². The maximum Gasteiger partial charge on any atom is 0.0554 e. The van der Waals surface area contributed by atoms with E-state index in [-0.39, 0.29) is 5.92 Å². The van der Waals surface area contributed by atoms with Crippen LogP contribution in [-0.4, -0.2) is 0 Å². The Morgan fingerprint density at radius 1 is 0.553 bits per heavy atom. The molecule has 1 unspecified atom stereocenters. The van der Waals surface area contributed by atoms with Crippen LogP contribution in [0.2, 0.25) is 0 Å². The molecular formula is C44H33NS2. The van der Waals surface area contributed by atoms with Gasteiger partial charge in [-0.15, -0.1) is 22.7 Å². The van der Waals surface area contributed by atoms with E-state index < -0.39 is 0 Å². The second-order valence-electron chi connectivity index (χ2n) is 12.4. The first-order valence-electron chi connectivity index (χ1n) is 16.4. The van der Waals surface area contributed by atoms with E-state index in [1.54, 1.807) is 0 Å². The molecule has 0 fully saturated rings. The molecule has 226 valence electrons. The molecule has 0 spiro atoms. The van der Waals surface area contributed by atoms with Crippen molar-refractivity contribution >= 4 is 80.1 Å². The van der Waals surface area contributed by atoms with Crippen LogP contribution in [0.15, 0.2) is 163 Å². The summed E-state index contributed by atoms with van der Waals surface area (Å²) in [5.41, 5.74) is 7.84. The van der Waals surface area contributed by atoms with Crippen molar-refractivity contribution in [2.75, 3.05) is 4.90 Å². The smallest absolute Gasteiger partial charge is 0.0554 e. The fraction of sp³-hybridized carbons (Fsp3) is 0.0909. The first-order chi connectivity index (χ1) is 23.3. The summed E-state index contributed by atoms with van der Waals surface area (Å²) < 4.78 is 5.36. The molecule has 9 rings (SSSR count). The van der Waals surface area contributed by atoms with Crippen molar-refractivity contribution in [3.63, 3.8) is 0 Å². The van der Waals surface area contributed by atoms with Crippen LogP contribution in [0.4, 0.5) is 17.1 Å². The average molecular weight is 640 g/mol. The Hall–Kier alpha value is -4.96. The van der Waals surface area contributed by atoms with Crippen LogP contribution < -0.4 is 4.90 Å². The van der Waals surface area contributed by atoms with Gasteiger partial charge in [0, 0.05) is 57.6 Å². The number of thiophene rings is 2. The maximum absolute atomic E-state index is 2.51. The van der Waals surface area contributed by atoms with Gasteiger partial charge in [-0.05, 0) is 97.1 Å². The van der Waals surface area contributed by atoms with Gasteiger partial charge in [0.05, 0.1) is 5.69 Å². The van der Waals surface area contributed by atoms with Crippen molar-refractivity contribution in [1.29, 1.82) is 0 Å². The number of hydrogen-bond acceptors (Lipinski definition) is 3. The lowest BCUT2D eigenvalue weighted by Gasteiger charge is -2.26. The lowest BCUT2D eigenvalue weighted by Crippen LogP contribution is -2.10. The monoisotopic (exact) mass is 639 g/mol. The van der Waals surface area contributed by atoms with E-state index in [1.165, 1.54) is 62.7 Å². The van der Waals surface area contributed by atoms with Crippen molar-refractivity contribution < 1.29 is 0 Å². The number of fused-ring (bicyclic) bond motifs is 6. The van der Waals surface area contributed by atoms with Gasteiger partial charge in [-0.1, -0.05) is 96.6 Å². The molecule has 0 N–H and O–H groups in total. The standard InChI is InChI=1S/C44H33NS2/c1-4-13-30(14-5-1)27-36(31-23-25-41-37(28-31)35-19-10-11-21-40(35)46-41)32-24-26-42-38(29-32)44-39(20-12-22-43(44)47-42)45(33-15-6-2-7-16-33)34-17-8-3-9-18-34/h1-4,6-13,15-26,28-29,36H,5,14,27H2. The molecule has 1 nitrogen and oxygen atoms in total. The van der Waals surface area contributed by atoms with E-state index in [4.69, 9.17) is 0 Å². The van der Waals surface area contributed by atoms with Crippen LogP contribution in [0.1, 0.15) is 36.3 Å². The summed E-state index contributed by atoms with van der Waals surface area (Å²) >= 11 is 3.79. The molecule has 6 aromatic carbocycles. The van der Waals surface area contributed by atoms with Gasteiger partial charge < -0.3 is 4.90 Å². The molecular weight excluding hydrogens is 607 g/mol. The minimum Gasteiger partial charge on any atom is -0.310 e. The normalized spacial score (nSPS) is 13.8. The lowest BCUT2D eigenvalue weighted by molar-refractivity contribution is 0.753. The number of nitrogens with zero attached hydrogens (tertiary/aromatic N) is 1. The quantitative estimate of drug-likeness (QED) is 0.168. The first kappa shape index (κ1) is 28.3. The van der Waals surface area contributed by atoms with Gasteiger partial charge in [-0.2, -0.15) is 0 Å². The fourth-order valence-electron chi connectivity index (χ4n) is 7.28. The number of rotatable bonds is 7. The third-order valence-electron chi connectivity index (χ3n) is 9.54. The Labute approximate surface area is 283 Å². The SMILES string of the molecule is C1=CCCC(CC(c2ccc3sc4ccccc4c3c2)c2ccc3sc4cccc(N(c5ccccc5)c5ccccc5)c4c3c2)=C1. The third kappa shape index (κ3) is 5.17. The molecule has 0 aliphatic heterocycles. The first-order valence-corrected chi connectivity index (χ1v) is 18.0. The molecule has 0 amide bonds. The topological polar surface area (TPSA) is 3.24 Å². The van der Waals surface area contributed by atoms with Gasteiger partial charge in [-0.3, -0.25) is 0 Å². The Morgan fingerprint density at radius 3 is 1.89 bits per heavy atom. The van der Waals surface area contributed by atoms with E-state index in [1.807, 2.05) is 22.7 Å². The summed E-state index contributed by atoms with van der Waals surface area (Å²) in [6.45, 7) is 0. The summed E-state index contributed by atoms with van der Waals surface area (Å²) in [7, 11) is 0. The zero-order chi connectivity index (χ0) is 31.2. The Morgan fingerprint density at radius 2 is 1.17 bits per heavy atom. The molecule has 0 radical (unpaired) electrons. The molecule has 0 bridgehead atoms. The molecule has 0 saturated heterocycles. The minimum atomic E-state index is 0.265. The highest BCUT2D eigenvalue weighted by Gasteiger charge is 2.22. The van der Waals surface area contributed by atoms with E-state index in [2.05, 4.69) is 163 Å². The largest absolute Gasteiger partial charge is 0.310 e. The average Bonchev–Trinajstić information content (AvgIpc) is 3.70. The van der Waals surface area contributed by atoms with Gasteiger partial charge >= 0.3 is 0 Å². The second kappa shape index (κ2) is 12.0. The highest BCUT2D eigenvalue weighted by molar-refractivity contribution is 7.26. The Bertz CT molecular complexity index is 2410. The van der Waals surface area contributed by atoms with E-state index in [0.29, 0.717) is 0 Å². The lowest BCUT2D eigenvalue weighted by atomic mass is 9.83. The number of para-hydroxylation sites is 2. The van der Waals surface area contributed by atoms with Crippen LogP contribution in [0, 0.1) is 0 Å². The van der Waals surface area contributed by atoms with Crippen molar-refractivity contribution in [2.24, 2.45) is 0 Å². The summed E-state index contributed by atoms with van der Waals surface area (Å²) in [5.74, 6) is 0.265. The van der Waals surface area contributed by atoms with Crippen LogP contribution >= 0.6 is 22.7 Å². The second-order valence-corrected chi connectivity index (χ2v) is 14.6. The summed E-state index contributed by atoms with van der Waals surface area (Å²) in [6.07, 6.45) is 10.2. The molecule has 1 aliphatic rings. The van der Waals surface area contributed by atoms with Crippen LogP contribution in [0.3, 0.4) is 0 Å². The zero-order valence-corrected chi connectivity index (χ0v) is 27.6. The Balaban J connectivity index is 1.24. The van der Waals surface area contributed by atoms with Gasteiger partial charge in [0.2, 0.25) is 0 Å². The molecule has 1 atom stereocenters. The van der Waals surface area contributed by atoms with Crippen molar-refractivity contribution in [2.45, 2.75) is 25.2 Å². The molecule has 8 aromatic rings. The van der Waals surface area contributed by atoms with Gasteiger partial charge in [0.25, 0.3) is 0 Å². The minimum absolute atomic E-state index is 0.265. The van der Waals surface area contributed by atoms with Gasteiger partial charge in [-0.25, -0.2) is 0 Å². The fourth-order valence-corrected chi connectivity index (χ4v) is 9.48. The van der Waals surface area contributed by atoms with E-state index in [9.17, 15) is 0 Å². The van der Waals surface area contributed by atoms with E-state index in [0.717, 1.165) is 30.6 Å². The summed E-state index contributed by atoms with van der Waals surface area (Å²) in [5, 5.41) is 5.38. The Kier molecular flexibility index (Phi) is 7.22. The number of hydrogen-bond donors (Lipinski definition) is 0. The molecule has 1 aliphatic carbocycles. The van der Waals surface area contributed by atoms with Gasteiger partial charge in [0.15, 0.2) is 0 Å². The predicted molar refractivity (Wildman–Crippen MR) is 206 cm³/mol. The van der Waals surface area contributed by atoms with Gasteiger partial charge in [0.1, 0.15) is 0 Å². The summed E-state index contributed by atoms with van der Waals surface area (Å²) in [4.78, 5) is 2.41. The molecule has 3 heteroatoms. The molecule has 47 heavy (non-hydrogen) atoms. The van der Waals surface area contributed by atoms with Crippen molar-refractivity contribution in [3.05, 3.63) is 174 Å². The number of benzene rings is 6. The van der Waals surface area contributed by atoms with Crippen molar-refractivity contribution in [1.82, 2.24) is 0 Å². The molecule has 0 saturated carbocycles. The molecule has 2 aromatic heterocycles. The number of anilines is 3. The van der Waals surface area contributed by atoms with Crippen LogP contribution in [0.5, 0.6) is 0 Å². The van der Waals surface area contributed by atoms with Crippen LogP contribution in [0.25, 0.3) is 40.3 Å². The highest BCUT2D eigenvalue weighted by Crippen LogP contribution is 2.46. The predicted octanol–water partition coefficient (Wildman–Crippen LogP) is 13.7. The zero-order valence-electron chi connectivity index (χ0n) is 26.0. The molecule has 2 heterocycles.